The highest BCUT2D eigenvalue weighted by Gasteiger charge is 2.52. The Hall–Kier alpha value is -1.16. The van der Waals surface area contributed by atoms with E-state index in [4.69, 9.17) is 9.47 Å². The fraction of sp³-hybridized carbons (Fsp3) is 0.632. The van der Waals surface area contributed by atoms with E-state index in [9.17, 15) is 4.79 Å². The average Bonchev–Trinajstić information content (AvgIpc) is 2.52. The molecular weight excluding hydrogens is 308 g/mol. The predicted octanol–water partition coefficient (Wildman–Crippen LogP) is 4.55. The van der Waals surface area contributed by atoms with Gasteiger partial charge in [0.25, 0.3) is 0 Å². The first-order chi connectivity index (χ1) is 11.1. The normalized spacial score (nSPS) is 34.4. The Bertz CT molecular complexity index is 590. The number of rotatable bonds is 4. The van der Waals surface area contributed by atoms with Crippen LogP contribution in [-0.4, -0.2) is 24.1 Å². The van der Waals surface area contributed by atoms with Crippen molar-refractivity contribution in [2.24, 2.45) is 17.8 Å². The molecular formula is C19H24O3S. The van der Waals surface area contributed by atoms with Gasteiger partial charge in [0.15, 0.2) is 11.5 Å². The van der Waals surface area contributed by atoms with Crippen LogP contribution in [0.2, 0.25) is 0 Å². The molecule has 0 atom stereocenters. The molecule has 3 nitrogen and oxygen atoms in total. The van der Waals surface area contributed by atoms with Gasteiger partial charge in [-0.15, -0.1) is 0 Å². The summed E-state index contributed by atoms with van der Waals surface area (Å²) < 4.78 is 10.8. The summed E-state index contributed by atoms with van der Waals surface area (Å²) in [5.74, 6) is 3.90. The highest BCUT2D eigenvalue weighted by atomic mass is 32.2. The summed E-state index contributed by atoms with van der Waals surface area (Å²) in [7, 11) is 3.22. The predicted molar refractivity (Wildman–Crippen MR) is 92.4 cm³/mol. The Kier molecular flexibility index (Phi) is 3.83. The quantitative estimate of drug-likeness (QED) is 0.810. The second-order valence-electron chi connectivity index (χ2n) is 7.56. The molecule has 23 heavy (non-hydrogen) atoms. The van der Waals surface area contributed by atoms with Crippen LogP contribution >= 0.6 is 11.8 Å². The first-order valence-corrected chi connectivity index (χ1v) is 9.38. The van der Waals surface area contributed by atoms with Crippen LogP contribution in [-0.2, 0) is 0 Å². The van der Waals surface area contributed by atoms with E-state index >= 15 is 0 Å². The molecule has 4 aliphatic carbocycles. The molecule has 0 saturated heterocycles. The second-order valence-corrected chi connectivity index (χ2v) is 9.00. The van der Waals surface area contributed by atoms with Gasteiger partial charge in [-0.05, 0) is 74.5 Å². The molecule has 4 heteroatoms. The molecule has 0 aromatic heterocycles. The molecule has 4 bridgehead atoms. The number of carbonyl (C=O) groups is 1. The lowest BCUT2D eigenvalue weighted by atomic mass is 9.56. The van der Waals surface area contributed by atoms with E-state index in [1.165, 1.54) is 38.5 Å². The standard InChI is InChI=1S/C19H24O3S/c1-21-16-4-3-15(8-17(16)22-2)18(20)23-19-9-12-5-13(10-19)7-14(6-12)11-19/h3-4,8,12-14H,5-7,9-11H2,1-2H3. The van der Waals surface area contributed by atoms with Crippen LogP contribution in [0, 0.1) is 17.8 Å². The summed E-state index contributed by atoms with van der Waals surface area (Å²) >= 11 is 1.61. The molecule has 0 N–H and O–H groups in total. The Labute approximate surface area is 142 Å². The maximum atomic E-state index is 12.9. The van der Waals surface area contributed by atoms with Gasteiger partial charge in [-0.25, -0.2) is 0 Å². The van der Waals surface area contributed by atoms with Crippen LogP contribution in [0.1, 0.15) is 48.9 Å². The minimum Gasteiger partial charge on any atom is -0.493 e. The number of benzene rings is 1. The van der Waals surface area contributed by atoms with Gasteiger partial charge < -0.3 is 9.47 Å². The fourth-order valence-corrected chi connectivity index (χ4v) is 6.97. The number of thioether (sulfide) groups is 1. The molecule has 0 amide bonds. The van der Waals surface area contributed by atoms with Crippen LogP contribution < -0.4 is 9.47 Å². The number of ether oxygens (including phenoxy) is 2. The van der Waals surface area contributed by atoms with Crippen LogP contribution in [0.4, 0.5) is 0 Å². The van der Waals surface area contributed by atoms with E-state index in [0.29, 0.717) is 11.5 Å². The lowest BCUT2D eigenvalue weighted by molar-refractivity contribution is 0.0382. The van der Waals surface area contributed by atoms with Crippen molar-refractivity contribution in [2.75, 3.05) is 14.2 Å². The third-order valence-corrected chi connectivity index (χ3v) is 7.26. The first kappa shape index (κ1) is 15.4. The van der Waals surface area contributed by atoms with Gasteiger partial charge in [-0.3, -0.25) is 4.79 Å². The largest absolute Gasteiger partial charge is 0.493 e. The zero-order valence-corrected chi connectivity index (χ0v) is 14.7. The van der Waals surface area contributed by atoms with E-state index in [0.717, 1.165) is 23.3 Å². The highest BCUT2D eigenvalue weighted by molar-refractivity contribution is 8.15. The Morgan fingerprint density at radius 3 is 2.09 bits per heavy atom. The summed E-state index contributed by atoms with van der Waals surface area (Å²) in [6.07, 6.45) is 7.94. The van der Waals surface area contributed by atoms with Crippen molar-refractivity contribution in [3.63, 3.8) is 0 Å². The second kappa shape index (κ2) is 5.73. The lowest BCUT2D eigenvalue weighted by Crippen LogP contribution is -2.49. The molecule has 124 valence electrons. The van der Waals surface area contributed by atoms with Gasteiger partial charge in [-0.2, -0.15) is 0 Å². The molecule has 0 radical (unpaired) electrons. The van der Waals surface area contributed by atoms with E-state index in [2.05, 4.69) is 0 Å². The van der Waals surface area contributed by atoms with E-state index in [1.807, 2.05) is 18.2 Å². The van der Waals surface area contributed by atoms with Crippen LogP contribution in [0.3, 0.4) is 0 Å². The van der Waals surface area contributed by atoms with E-state index in [1.54, 1.807) is 26.0 Å². The van der Waals surface area contributed by atoms with Crippen molar-refractivity contribution in [1.82, 2.24) is 0 Å². The van der Waals surface area contributed by atoms with Crippen LogP contribution in [0.15, 0.2) is 18.2 Å². The van der Waals surface area contributed by atoms with Gasteiger partial charge in [0.05, 0.1) is 14.2 Å². The molecule has 0 heterocycles. The van der Waals surface area contributed by atoms with Gasteiger partial charge in [0.2, 0.25) is 5.12 Å². The van der Waals surface area contributed by atoms with Crippen LogP contribution in [0.5, 0.6) is 11.5 Å². The molecule has 5 rings (SSSR count). The fourth-order valence-electron chi connectivity index (χ4n) is 5.37. The minimum atomic E-state index is 0.188. The zero-order valence-electron chi connectivity index (χ0n) is 13.8. The summed E-state index contributed by atoms with van der Waals surface area (Å²) in [5.41, 5.74) is 0.725. The molecule has 0 spiro atoms. The van der Waals surface area contributed by atoms with Crippen molar-refractivity contribution in [1.29, 1.82) is 0 Å². The smallest absolute Gasteiger partial charge is 0.220 e. The summed E-state index contributed by atoms with van der Waals surface area (Å²) in [4.78, 5) is 12.9. The maximum Gasteiger partial charge on any atom is 0.220 e. The van der Waals surface area contributed by atoms with Crippen molar-refractivity contribution in [3.05, 3.63) is 23.8 Å². The van der Waals surface area contributed by atoms with Crippen molar-refractivity contribution in [3.8, 4) is 11.5 Å². The maximum absolute atomic E-state index is 12.9. The van der Waals surface area contributed by atoms with E-state index in [-0.39, 0.29) is 9.86 Å². The Morgan fingerprint density at radius 1 is 1.00 bits per heavy atom. The summed E-state index contributed by atoms with van der Waals surface area (Å²) in [5, 5.41) is 0.188. The van der Waals surface area contributed by atoms with Crippen molar-refractivity contribution in [2.45, 2.75) is 43.3 Å². The third kappa shape index (κ3) is 2.75. The van der Waals surface area contributed by atoms with Crippen molar-refractivity contribution < 1.29 is 14.3 Å². The molecule has 1 aromatic rings. The Balaban J connectivity index is 1.54. The number of methoxy groups -OCH3 is 2. The SMILES string of the molecule is COc1ccc(C(=O)SC23CC4CC(CC(C4)C2)C3)cc1OC. The summed E-state index contributed by atoms with van der Waals surface area (Å²) in [6.45, 7) is 0. The molecule has 0 unspecified atom stereocenters. The monoisotopic (exact) mass is 332 g/mol. The lowest BCUT2D eigenvalue weighted by Gasteiger charge is -2.56. The third-order valence-electron chi connectivity index (χ3n) is 5.91. The van der Waals surface area contributed by atoms with Gasteiger partial charge >= 0.3 is 0 Å². The number of carbonyl (C=O) groups excluding carboxylic acids is 1. The average molecular weight is 332 g/mol. The summed E-state index contributed by atoms with van der Waals surface area (Å²) in [6, 6.07) is 5.50. The van der Waals surface area contributed by atoms with E-state index < -0.39 is 0 Å². The molecule has 1 aromatic carbocycles. The van der Waals surface area contributed by atoms with Gasteiger partial charge in [0, 0.05) is 10.3 Å². The first-order valence-electron chi connectivity index (χ1n) is 8.56. The van der Waals surface area contributed by atoms with Gasteiger partial charge in [0.1, 0.15) is 0 Å². The van der Waals surface area contributed by atoms with Crippen molar-refractivity contribution >= 4 is 16.9 Å². The topological polar surface area (TPSA) is 35.5 Å². The number of hydrogen-bond acceptors (Lipinski definition) is 4. The van der Waals surface area contributed by atoms with Crippen LogP contribution in [0.25, 0.3) is 0 Å². The number of hydrogen-bond donors (Lipinski definition) is 0. The molecule has 0 aliphatic heterocycles. The minimum absolute atomic E-state index is 0.188. The zero-order chi connectivity index (χ0) is 16.0. The van der Waals surface area contributed by atoms with Gasteiger partial charge in [-0.1, -0.05) is 11.8 Å². The molecule has 4 saturated carbocycles. The highest BCUT2D eigenvalue weighted by Crippen LogP contribution is 2.61. The molecule has 4 aliphatic rings. The molecule has 4 fully saturated rings. The Morgan fingerprint density at radius 2 is 1.57 bits per heavy atom.